The van der Waals surface area contributed by atoms with Gasteiger partial charge in [-0.3, -0.25) is 0 Å². The highest BCUT2D eigenvalue weighted by Gasteiger charge is 2.30. The number of aliphatic imine (C=N–C) groups is 1. The van der Waals surface area contributed by atoms with Crippen LogP contribution in [0.25, 0.3) is 0 Å². The van der Waals surface area contributed by atoms with E-state index in [1.54, 1.807) is 6.08 Å². The van der Waals surface area contributed by atoms with Crippen LogP contribution in [0.5, 0.6) is 0 Å². The summed E-state index contributed by atoms with van der Waals surface area (Å²) in [7, 11) is 2.89. The van der Waals surface area contributed by atoms with E-state index in [0.29, 0.717) is 11.5 Å². The molecule has 0 saturated heterocycles. The molecule has 5 N–H and O–H groups in total. The van der Waals surface area contributed by atoms with Crippen LogP contribution in [0.1, 0.15) is 6.42 Å². The maximum Gasteiger partial charge on any atom is 0.194 e. The van der Waals surface area contributed by atoms with Crippen molar-refractivity contribution >= 4 is 5.96 Å². The molecule has 0 aliphatic heterocycles. The minimum Gasteiger partial charge on any atom is -0.501 e. The molecule has 0 radical (unpaired) electrons. The van der Waals surface area contributed by atoms with Crippen LogP contribution in [0.15, 0.2) is 28.6 Å². The summed E-state index contributed by atoms with van der Waals surface area (Å²) in [6.45, 7) is 0. The van der Waals surface area contributed by atoms with Crippen LogP contribution in [0, 0.1) is 0 Å². The van der Waals surface area contributed by atoms with Gasteiger partial charge in [0.05, 0.1) is 19.2 Å². The number of hydrogen-bond acceptors (Lipinski definition) is 4. The van der Waals surface area contributed by atoms with Gasteiger partial charge in [-0.25, -0.2) is 4.99 Å². The van der Waals surface area contributed by atoms with Crippen LogP contribution in [0.2, 0.25) is 0 Å². The Labute approximate surface area is 87.9 Å². The van der Waals surface area contributed by atoms with Crippen LogP contribution in [-0.2, 0) is 9.47 Å². The van der Waals surface area contributed by atoms with Gasteiger partial charge in [0.25, 0.3) is 0 Å². The molecule has 0 spiro atoms. The maximum atomic E-state index is 9.89. The summed E-state index contributed by atoms with van der Waals surface area (Å²) in [6, 6.07) is 0. The van der Waals surface area contributed by atoms with E-state index in [-0.39, 0.29) is 12.4 Å². The quantitative estimate of drug-likeness (QED) is 0.330. The maximum absolute atomic E-state index is 9.89. The highest BCUT2D eigenvalue weighted by Crippen LogP contribution is 2.27. The second kappa shape index (κ2) is 4.33. The second-order valence-corrected chi connectivity index (χ2v) is 3.15. The molecule has 6 heteroatoms. The van der Waals surface area contributed by atoms with Gasteiger partial charge in [-0.1, -0.05) is 0 Å². The molecule has 0 aromatic carbocycles. The third kappa shape index (κ3) is 2.97. The monoisotopic (exact) mass is 213 g/mol. The first-order valence-electron chi connectivity index (χ1n) is 4.33. The molecular weight excluding hydrogens is 198 g/mol. The molecule has 15 heavy (non-hydrogen) atoms. The Morgan fingerprint density at radius 2 is 2.20 bits per heavy atom. The van der Waals surface area contributed by atoms with Crippen molar-refractivity contribution in [3.05, 3.63) is 23.6 Å². The lowest BCUT2D eigenvalue weighted by Crippen LogP contribution is -2.32. The third-order valence-electron chi connectivity index (χ3n) is 1.98. The molecule has 0 heterocycles. The predicted molar refractivity (Wildman–Crippen MR) is 55.6 cm³/mol. The lowest BCUT2D eigenvalue weighted by atomic mass is 10.0. The second-order valence-electron chi connectivity index (χ2n) is 3.15. The topological polar surface area (TPSA) is 103 Å². The van der Waals surface area contributed by atoms with Gasteiger partial charge in [0.2, 0.25) is 0 Å². The van der Waals surface area contributed by atoms with Gasteiger partial charge in [-0.2, -0.15) is 0 Å². The van der Waals surface area contributed by atoms with Gasteiger partial charge in [-0.15, -0.1) is 0 Å². The SMILES string of the molecule is COC1=CC(N=C(N)N)=CC(O)(OC)C1. The van der Waals surface area contributed by atoms with Crippen molar-refractivity contribution in [3.63, 3.8) is 0 Å². The van der Waals surface area contributed by atoms with Crippen molar-refractivity contribution in [3.8, 4) is 0 Å². The number of rotatable bonds is 3. The zero-order chi connectivity index (χ0) is 11.5. The number of hydrogen-bond donors (Lipinski definition) is 3. The molecule has 0 aromatic rings. The Kier molecular flexibility index (Phi) is 3.33. The van der Waals surface area contributed by atoms with Crippen molar-refractivity contribution in [1.82, 2.24) is 0 Å². The molecule has 0 bridgehead atoms. The first-order valence-corrected chi connectivity index (χ1v) is 4.33. The fourth-order valence-electron chi connectivity index (χ4n) is 1.27. The average Bonchev–Trinajstić information content (AvgIpc) is 2.16. The van der Waals surface area contributed by atoms with Gasteiger partial charge in [0.1, 0.15) is 5.76 Å². The molecule has 0 fully saturated rings. The van der Waals surface area contributed by atoms with E-state index < -0.39 is 5.79 Å². The number of methoxy groups -OCH3 is 2. The third-order valence-corrected chi connectivity index (χ3v) is 1.98. The Bertz CT molecular complexity index is 331. The smallest absolute Gasteiger partial charge is 0.194 e. The Hall–Kier alpha value is -1.53. The van der Waals surface area contributed by atoms with Crippen molar-refractivity contribution in [2.24, 2.45) is 16.5 Å². The van der Waals surface area contributed by atoms with E-state index in [9.17, 15) is 5.11 Å². The molecule has 1 aliphatic rings. The van der Waals surface area contributed by atoms with Gasteiger partial charge >= 0.3 is 0 Å². The molecule has 84 valence electrons. The molecule has 0 saturated carbocycles. The summed E-state index contributed by atoms with van der Waals surface area (Å²) in [6.07, 6.45) is 3.28. The van der Waals surface area contributed by atoms with E-state index in [1.165, 1.54) is 20.3 Å². The number of aliphatic hydroxyl groups is 1. The molecule has 1 rings (SSSR count). The lowest BCUT2D eigenvalue weighted by molar-refractivity contribution is -0.151. The number of nitrogens with two attached hydrogens (primary N) is 2. The molecule has 6 nitrogen and oxygen atoms in total. The Balaban J connectivity index is 3.02. The number of ether oxygens (including phenoxy) is 2. The predicted octanol–water partition coefficient (Wildman–Crippen LogP) is -0.587. The molecule has 1 atom stereocenters. The fraction of sp³-hybridized carbons (Fsp3) is 0.444. The first-order chi connectivity index (χ1) is 6.99. The van der Waals surface area contributed by atoms with Crippen molar-refractivity contribution in [2.45, 2.75) is 12.2 Å². The van der Waals surface area contributed by atoms with E-state index in [1.807, 2.05) is 0 Å². The van der Waals surface area contributed by atoms with Crippen molar-refractivity contribution < 1.29 is 14.6 Å². The van der Waals surface area contributed by atoms with Crippen LogP contribution in [0.3, 0.4) is 0 Å². The van der Waals surface area contributed by atoms with Crippen molar-refractivity contribution in [1.29, 1.82) is 0 Å². The van der Waals surface area contributed by atoms with Gasteiger partial charge < -0.3 is 26.0 Å². The molecule has 0 aromatic heterocycles. The zero-order valence-corrected chi connectivity index (χ0v) is 8.73. The summed E-state index contributed by atoms with van der Waals surface area (Å²) in [4.78, 5) is 3.81. The van der Waals surface area contributed by atoms with E-state index in [0.717, 1.165) is 0 Å². The van der Waals surface area contributed by atoms with Gasteiger partial charge in [-0.05, 0) is 0 Å². The molecule has 1 unspecified atom stereocenters. The van der Waals surface area contributed by atoms with Gasteiger partial charge in [0.15, 0.2) is 11.7 Å². The Morgan fingerprint density at radius 1 is 1.53 bits per heavy atom. The molecule has 1 aliphatic carbocycles. The van der Waals surface area contributed by atoms with Crippen molar-refractivity contribution in [2.75, 3.05) is 14.2 Å². The lowest BCUT2D eigenvalue weighted by Gasteiger charge is -2.27. The number of guanidine groups is 1. The first kappa shape index (κ1) is 11.5. The standard InChI is InChI=1S/C9H15N3O3/c1-14-7-3-6(12-8(10)11)4-9(13,5-7)15-2/h3-4,13H,5H2,1-2H3,(H4,10,11,12). The van der Waals surface area contributed by atoms with Crippen LogP contribution >= 0.6 is 0 Å². The van der Waals surface area contributed by atoms with Gasteiger partial charge in [0, 0.05) is 19.3 Å². The highest BCUT2D eigenvalue weighted by atomic mass is 16.6. The zero-order valence-electron chi connectivity index (χ0n) is 8.73. The largest absolute Gasteiger partial charge is 0.501 e. The highest BCUT2D eigenvalue weighted by molar-refractivity contribution is 5.77. The van der Waals surface area contributed by atoms with E-state index >= 15 is 0 Å². The summed E-state index contributed by atoms with van der Waals surface area (Å²) < 4.78 is 9.96. The van der Waals surface area contributed by atoms with Crippen LogP contribution in [-0.4, -0.2) is 31.1 Å². The molecule has 0 amide bonds. The summed E-state index contributed by atoms with van der Waals surface area (Å²) in [5.74, 6) is -0.968. The minimum atomic E-state index is -1.42. The summed E-state index contributed by atoms with van der Waals surface area (Å²) >= 11 is 0. The normalized spacial score (nSPS) is 25.3. The van der Waals surface area contributed by atoms with E-state index in [4.69, 9.17) is 20.9 Å². The molecular formula is C9H15N3O3. The van der Waals surface area contributed by atoms with Crippen LogP contribution in [0.4, 0.5) is 0 Å². The Morgan fingerprint density at radius 3 is 2.67 bits per heavy atom. The minimum absolute atomic E-state index is 0.0895. The average molecular weight is 213 g/mol. The fourth-order valence-corrected chi connectivity index (χ4v) is 1.27. The number of nitrogens with zero attached hydrogens (tertiary/aromatic N) is 1. The summed E-state index contributed by atoms with van der Waals surface area (Å²) in [5.41, 5.74) is 10.9. The number of allylic oxidation sites excluding steroid dienone is 1. The summed E-state index contributed by atoms with van der Waals surface area (Å²) in [5, 5.41) is 9.89. The van der Waals surface area contributed by atoms with Crippen LogP contribution < -0.4 is 11.5 Å². The van der Waals surface area contributed by atoms with E-state index in [2.05, 4.69) is 4.99 Å².